The summed E-state index contributed by atoms with van der Waals surface area (Å²) in [6.07, 6.45) is 0.998. The second-order valence-corrected chi connectivity index (χ2v) is 3.65. The lowest BCUT2D eigenvalue weighted by atomic mass is 10.1. The average Bonchev–Trinajstić information content (AvgIpc) is 2.27. The largest absolute Gasteiger partial charge is 0.480 e. The van der Waals surface area contributed by atoms with E-state index < -0.39 is 12.0 Å². The van der Waals surface area contributed by atoms with E-state index >= 15 is 0 Å². The number of rotatable bonds is 4. The number of aliphatic carboxylic acids is 1. The molecule has 1 unspecified atom stereocenters. The normalized spacial score (nSPS) is 12.2. The minimum Gasteiger partial charge on any atom is -0.480 e. The van der Waals surface area contributed by atoms with Crippen molar-refractivity contribution in [2.24, 2.45) is 0 Å². The van der Waals surface area contributed by atoms with Gasteiger partial charge in [-0.25, -0.2) is 4.79 Å². The van der Waals surface area contributed by atoms with Crippen LogP contribution in [0.2, 0.25) is 0 Å². The molecule has 82 valence electrons. The maximum absolute atomic E-state index is 10.8. The molecule has 1 rings (SSSR count). The van der Waals surface area contributed by atoms with Gasteiger partial charge in [-0.15, -0.1) is 0 Å². The smallest absolute Gasteiger partial charge is 0.326 e. The minimum atomic E-state index is -0.808. The summed E-state index contributed by atoms with van der Waals surface area (Å²) in [5.41, 5.74) is 2.19. The molecule has 0 aliphatic heterocycles. The van der Waals surface area contributed by atoms with Crippen LogP contribution in [0.1, 0.15) is 19.4 Å². The zero-order chi connectivity index (χ0) is 11.4. The van der Waals surface area contributed by atoms with Crippen LogP contribution in [-0.4, -0.2) is 24.2 Å². The number of benzene rings is 1. The van der Waals surface area contributed by atoms with E-state index in [-0.39, 0.29) is 0 Å². The molecule has 1 aromatic carbocycles. The van der Waals surface area contributed by atoms with Gasteiger partial charge in [0.2, 0.25) is 0 Å². The van der Waals surface area contributed by atoms with Crippen molar-refractivity contribution in [3.8, 4) is 0 Å². The Labute approximate surface area is 90.3 Å². The van der Waals surface area contributed by atoms with Crippen LogP contribution in [0.15, 0.2) is 24.3 Å². The molecular weight excluding hydrogens is 190 g/mol. The Hall–Kier alpha value is -1.51. The van der Waals surface area contributed by atoms with Crippen LogP contribution < -0.4 is 4.90 Å². The second kappa shape index (κ2) is 4.82. The second-order valence-electron chi connectivity index (χ2n) is 3.65. The highest BCUT2D eigenvalue weighted by Crippen LogP contribution is 2.16. The molecule has 0 saturated heterocycles. The topological polar surface area (TPSA) is 40.5 Å². The van der Waals surface area contributed by atoms with E-state index in [1.165, 1.54) is 5.56 Å². The summed E-state index contributed by atoms with van der Waals surface area (Å²) in [4.78, 5) is 12.5. The van der Waals surface area contributed by atoms with Gasteiger partial charge in [0.15, 0.2) is 0 Å². The van der Waals surface area contributed by atoms with Crippen LogP contribution in [0.5, 0.6) is 0 Å². The van der Waals surface area contributed by atoms with Crippen molar-refractivity contribution in [1.82, 2.24) is 0 Å². The molecule has 0 fully saturated rings. The third-order valence-electron chi connectivity index (χ3n) is 2.69. The van der Waals surface area contributed by atoms with Gasteiger partial charge in [-0.2, -0.15) is 0 Å². The summed E-state index contributed by atoms with van der Waals surface area (Å²) in [5, 5.41) is 8.87. The summed E-state index contributed by atoms with van der Waals surface area (Å²) < 4.78 is 0. The fourth-order valence-corrected chi connectivity index (χ4v) is 1.36. The summed E-state index contributed by atoms with van der Waals surface area (Å²) in [5.74, 6) is -0.808. The van der Waals surface area contributed by atoms with Crippen LogP contribution in [0.25, 0.3) is 0 Å². The van der Waals surface area contributed by atoms with Crippen LogP contribution in [0.3, 0.4) is 0 Å². The van der Waals surface area contributed by atoms with Gasteiger partial charge in [-0.1, -0.05) is 19.1 Å². The van der Waals surface area contributed by atoms with Gasteiger partial charge in [0.05, 0.1) is 0 Å². The first-order chi connectivity index (χ1) is 7.06. The van der Waals surface area contributed by atoms with Crippen LogP contribution in [-0.2, 0) is 11.2 Å². The van der Waals surface area contributed by atoms with Crippen molar-refractivity contribution in [3.63, 3.8) is 0 Å². The van der Waals surface area contributed by atoms with Gasteiger partial charge in [-0.05, 0) is 31.0 Å². The first kappa shape index (κ1) is 11.6. The van der Waals surface area contributed by atoms with Crippen molar-refractivity contribution in [3.05, 3.63) is 29.8 Å². The highest BCUT2D eigenvalue weighted by Gasteiger charge is 2.16. The third-order valence-corrected chi connectivity index (χ3v) is 2.69. The Balaban J connectivity index is 2.82. The lowest BCUT2D eigenvalue weighted by Gasteiger charge is -2.23. The highest BCUT2D eigenvalue weighted by molar-refractivity contribution is 5.77. The number of nitrogens with zero attached hydrogens (tertiary/aromatic N) is 1. The zero-order valence-electron chi connectivity index (χ0n) is 9.40. The van der Waals surface area contributed by atoms with E-state index in [1.54, 1.807) is 18.9 Å². The standard InChI is InChI=1S/C12H17NO2/c1-4-10-5-7-11(8-6-10)13(3)9(2)12(14)15/h5-9H,4H2,1-3H3,(H,14,15). The van der Waals surface area contributed by atoms with Crippen LogP contribution in [0, 0.1) is 0 Å². The number of carboxylic acids is 1. The molecule has 0 radical (unpaired) electrons. The third kappa shape index (κ3) is 2.72. The first-order valence-electron chi connectivity index (χ1n) is 5.10. The number of hydrogen-bond acceptors (Lipinski definition) is 2. The Morgan fingerprint density at radius 3 is 2.33 bits per heavy atom. The van der Waals surface area contributed by atoms with Crippen molar-refractivity contribution in [2.45, 2.75) is 26.3 Å². The average molecular weight is 207 g/mol. The van der Waals surface area contributed by atoms with E-state index in [9.17, 15) is 4.79 Å². The Bertz CT molecular complexity index is 332. The molecule has 1 atom stereocenters. The predicted octanol–water partition coefficient (Wildman–Crippen LogP) is 2.16. The van der Waals surface area contributed by atoms with E-state index in [0.717, 1.165) is 12.1 Å². The maximum Gasteiger partial charge on any atom is 0.326 e. The van der Waals surface area contributed by atoms with Gasteiger partial charge in [0, 0.05) is 12.7 Å². The summed E-state index contributed by atoms with van der Waals surface area (Å²) >= 11 is 0. The number of carboxylic acid groups (broad SMARTS) is 1. The molecule has 0 aliphatic carbocycles. The van der Waals surface area contributed by atoms with Crippen molar-refractivity contribution >= 4 is 11.7 Å². The van der Waals surface area contributed by atoms with Gasteiger partial charge < -0.3 is 10.0 Å². The fourth-order valence-electron chi connectivity index (χ4n) is 1.36. The summed E-state index contributed by atoms with van der Waals surface area (Å²) in [7, 11) is 1.79. The van der Waals surface area contributed by atoms with E-state index in [2.05, 4.69) is 6.92 Å². The monoisotopic (exact) mass is 207 g/mol. The molecule has 1 aromatic rings. The molecule has 15 heavy (non-hydrogen) atoms. The van der Waals surface area contributed by atoms with Crippen molar-refractivity contribution in [1.29, 1.82) is 0 Å². The molecule has 1 N–H and O–H groups in total. The number of carbonyl (C=O) groups is 1. The van der Waals surface area contributed by atoms with Crippen molar-refractivity contribution in [2.75, 3.05) is 11.9 Å². The SMILES string of the molecule is CCc1ccc(N(C)C(C)C(=O)O)cc1. The Morgan fingerprint density at radius 1 is 1.40 bits per heavy atom. The lowest BCUT2D eigenvalue weighted by Crippen LogP contribution is -2.35. The predicted molar refractivity (Wildman–Crippen MR) is 61.3 cm³/mol. The molecular formula is C12H17NO2. The molecule has 0 aromatic heterocycles. The zero-order valence-corrected chi connectivity index (χ0v) is 9.40. The van der Waals surface area contributed by atoms with Gasteiger partial charge >= 0.3 is 5.97 Å². The van der Waals surface area contributed by atoms with Gasteiger partial charge in [-0.3, -0.25) is 0 Å². The molecule has 0 saturated carbocycles. The van der Waals surface area contributed by atoms with Crippen LogP contribution in [0.4, 0.5) is 5.69 Å². The summed E-state index contributed by atoms with van der Waals surface area (Å²) in [6.45, 7) is 3.77. The van der Waals surface area contributed by atoms with E-state index in [1.807, 2.05) is 24.3 Å². The number of likely N-dealkylation sites (N-methyl/N-ethyl adjacent to an activating group) is 1. The first-order valence-corrected chi connectivity index (χ1v) is 5.10. The fraction of sp³-hybridized carbons (Fsp3) is 0.417. The Kier molecular flexibility index (Phi) is 3.72. The molecule has 3 nitrogen and oxygen atoms in total. The molecule has 3 heteroatoms. The van der Waals surface area contributed by atoms with Gasteiger partial charge in [0.1, 0.15) is 6.04 Å². The molecule has 0 heterocycles. The molecule has 0 spiro atoms. The lowest BCUT2D eigenvalue weighted by molar-refractivity contribution is -0.138. The van der Waals surface area contributed by atoms with Gasteiger partial charge in [0.25, 0.3) is 0 Å². The molecule has 0 bridgehead atoms. The van der Waals surface area contributed by atoms with Crippen molar-refractivity contribution < 1.29 is 9.90 Å². The maximum atomic E-state index is 10.8. The molecule has 0 aliphatic rings. The number of hydrogen-bond donors (Lipinski definition) is 1. The number of anilines is 1. The summed E-state index contributed by atoms with van der Waals surface area (Å²) in [6, 6.07) is 7.47. The van der Waals surface area contributed by atoms with Crippen LogP contribution >= 0.6 is 0 Å². The Morgan fingerprint density at radius 2 is 1.93 bits per heavy atom. The van der Waals surface area contributed by atoms with E-state index in [4.69, 9.17) is 5.11 Å². The van der Waals surface area contributed by atoms with E-state index in [0.29, 0.717) is 0 Å². The number of aryl methyl sites for hydroxylation is 1. The molecule has 0 amide bonds. The highest BCUT2D eigenvalue weighted by atomic mass is 16.4. The minimum absolute atomic E-state index is 0.502. The quantitative estimate of drug-likeness (QED) is 0.822.